The quantitative estimate of drug-likeness (QED) is 0.447. The van der Waals surface area contributed by atoms with E-state index in [0.29, 0.717) is 12.4 Å². The fourth-order valence-electron chi connectivity index (χ4n) is 4.52. The van der Waals surface area contributed by atoms with E-state index in [-0.39, 0.29) is 5.56 Å². The molecule has 0 aliphatic carbocycles. The number of nitrogens with zero attached hydrogens (tertiary/aromatic N) is 3. The molecular formula is C28H33N3O2. The predicted molar refractivity (Wildman–Crippen MR) is 136 cm³/mol. The van der Waals surface area contributed by atoms with E-state index >= 15 is 0 Å². The molecule has 2 aromatic heterocycles. The molecule has 4 aromatic rings. The maximum atomic E-state index is 12.8. The number of pyridine rings is 1. The normalized spacial score (nSPS) is 13.7. The molecule has 0 spiro atoms. The molecule has 0 saturated heterocycles. The molecule has 172 valence electrons. The zero-order valence-corrected chi connectivity index (χ0v) is 20.0. The van der Waals surface area contributed by atoms with Gasteiger partial charge >= 0.3 is 0 Å². The average molecular weight is 444 g/mol. The van der Waals surface area contributed by atoms with E-state index in [1.54, 1.807) is 16.8 Å². The molecule has 2 aromatic carbocycles. The predicted octanol–water partition coefficient (Wildman–Crippen LogP) is 4.96. The lowest BCUT2D eigenvalue weighted by Crippen LogP contribution is -2.21. The smallest absolute Gasteiger partial charge is 0.258 e. The van der Waals surface area contributed by atoms with E-state index in [1.807, 2.05) is 56.3 Å². The van der Waals surface area contributed by atoms with Crippen LogP contribution in [0, 0.1) is 0 Å². The van der Waals surface area contributed by atoms with Crippen LogP contribution in [0.15, 0.2) is 71.7 Å². The standard InChI is InChI=1S/C26H27N3O2.C2H6/c1-27-13-11-23-22-9-8-20(16-25(22)28(2)24(23)12-14-27)29-15-10-21(17-26(29)30)31-18-19-6-4-3-5-7-19;1-2/h3-10,15-17H,11-14,18H2,1-2H3;1-2H3. The minimum absolute atomic E-state index is 0.0951. The Morgan fingerprint density at radius 2 is 1.67 bits per heavy atom. The summed E-state index contributed by atoms with van der Waals surface area (Å²) in [5.74, 6) is 0.584. The first-order valence-corrected chi connectivity index (χ1v) is 11.8. The molecule has 0 unspecified atom stereocenters. The molecule has 3 heterocycles. The molecule has 1 aliphatic heterocycles. The second-order valence-corrected chi connectivity index (χ2v) is 8.33. The Morgan fingerprint density at radius 1 is 0.909 bits per heavy atom. The highest BCUT2D eigenvalue weighted by Gasteiger charge is 2.19. The lowest BCUT2D eigenvalue weighted by molar-refractivity contribution is 0.305. The molecule has 0 atom stereocenters. The fraction of sp³-hybridized carbons (Fsp3) is 0.321. The van der Waals surface area contributed by atoms with Crippen molar-refractivity contribution < 1.29 is 4.74 Å². The summed E-state index contributed by atoms with van der Waals surface area (Å²) < 4.78 is 9.79. The highest BCUT2D eigenvalue weighted by Crippen LogP contribution is 2.29. The summed E-state index contributed by atoms with van der Waals surface area (Å²) in [6.07, 6.45) is 3.92. The van der Waals surface area contributed by atoms with Gasteiger partial charge in [0, 0.05) is 49.9 Å². The van der Waals surface area contributed by atoms with E-state index in [4.69, 9.17) is 4.74 Å². The number of hydrogen-bond acceptors (Lipinski definition) is 3. The van der Waals surface area contributed by atoms with Gasteiger partial charge in [0.05, 0.1) is 11.2 Å². The van der Waals surface area contributed by atoms with Gasteiger partial charge in [-0.25, -0.2) is 0 Å². The van der Waals surface area contributed by atoms with Gasteiger partial charge in [-0.3, -0.25) is 9.36 Å². The molecule has 0 N–H and O–H groups in total. The maximum Gasteiger partial charge on any atom is 0.258 e. The van der Waals surface area contributed by atoms with Crippen molar-refractivity contribution in [2.24, 2.45) is 7.05 Å². The van der Waals surface area contributed by atoms with Gasteiger partial charge in [-0.1, -0.05) is 50.2 Å². The second kappa shape index (κ2) is 10.1. The Morgan fingerprint density at radius 3 is 2.42 bits per heavy atom. The number of rotatable bonds is 4. The van der Waals surface area contributed by atoms with Gasteiger partial charge in [0.15, 0.2) is 0 Å². The Labute approximate surface area is 195 Å². The second-order valence-electron chi connectivity index (χ2n) is 8.33. The van der Waals surface area contributed by atoms with E-state index in [0.717, 1.165) is 37.2 Å². The third-order valence-electron chi connectivity index (χ3n) is 6.31. The van der Waals surface area contributed by atoms with Crippen molar-refractivity contribution in [3.8, 4) is 11.4 Å². The van der Waals surface area contributed by atoms with Crippen LogP contribution in [0.5, 0.6) is 5.75 Å². The zero-order chi connectivity index (χ0) is 23.4. The first-order valence-electron chi connectivity index (χ1n) is 11.8. The summed E-state index contributed by atoms with van der Waals surface area (Å²) >= 11 is 0. The van der Waals surface area contributed by atoms with Crippen LogP contribution in [-0.4, -0.2) is 34.2 Å². The molecule has 5 heteroatoms. The molecule has 0 fully saturated rings. The van der Waals surface area contributed by atoms with Crippen LogP contribution in [-0.2, 0) is 26.5 Å². The zero-order valence-electron chi connectivity index (χ0n) is 20.0. The van der Waals surface area contributed by atoms with Gasteiger partial charge < -0.3 is 14.2 Å². The largest absolute Gasteiger partial charge is 0.489 e. The van der Waals surface area contributed by atoms with Gasteiger partial charge in [-0.15, -0.1) is 0 Å². The van der Waals surface area contributed by atoms with Gasteiger partial charge in [0.1, 0.15) is 12.4 Å². The number of fused-ring (bicyclic) bond motifs is 3. The summed E-state index contributed by atoms with van der Waals surface area (Å²) in [6, 6.07) is 19.7. The average Bonchev–Trinajstić information content (AvgIpc) is 2.97. The molecule has 0 radical (unpaired) electrons. The third-order valence-corrected chi connectivity index (χ3v) is 6.31. The molecule has 0 amide bonds. The van der Waals surface area contributed by atoms with Crippen LogP contribution in [0.4, 0.5) is 0 Å². The fourth-order valence-corrected chi connectivity index (χ4v) is 4.52. The number of benzene rings is 2. The summed E-state index contributed by atoms with van der Waals surface area (Å²) in [6.45, 7) is 6.60. The summed E-state index contributed by atoms with van der Waals surface area (Å²) in [5, 5.41) is 1.30. The summed E-state index contributed by atoms with van der Waals surface area (Å²) in [5.41, 5.74) is 5.90. The number of hydrogen-bond donors (Lipinski definition) is 0. The molecule has 5 rings (SSSR count). The van der Waals surface area contributed by atoms with Crippen LogP contribution in [0.3, 0.4) is 0 Å². The van der Waals surface area contributed by atoms with E-state index < -0.39 is 0 Å². The van der Waals surface area contributed by atoms with Crippen molar-refractivity contribution >= 4 is 10.9 Å². The van der Waals surface area contributed by atoms with Gasteiger partial charge in [-0.2, -0.15) is 0 Å². The number of likely N-dealkylation sites (N-methyl/N-ethyl adjacent to an activating group) is 1. The summed E-state index contributed by atoms with van der Waals surface area (Å²) in [7, 11) is 4.32. The minimum atomic E-state index is -0.0951. The Kier molecular flexibility index (Phi) is 6.99. The Balaban J connectivity index is 0.00000126. The van der Waals surface area contributed by atoms with Gasteiger partial charge in [0.25, 0.3) is 5.56 Å². The number of aromatic nitrogens is 2. The van der Waals surface area contributed by atoms with Crippen molar-refractivity contribution in [1.29, 1.82) is 0 Å². The number of ether oxygens (including phenoxy) is 1. The number of aryl methyl sites for hydroxylation is 1. The first-order chi connectivity index (χ1) is 16.1. The third kappa shape index (κ3) is 4.74. The molecule has 0 bridgehead atoms. The maximum absolute atomic E-state index is 12.8. The first kappa shape index (κ1) is 22.9. The molecule has 0 saturated carbocycles. The Hall–Kier alpha value is -3.31. The van der Waals surface area contributed by atoms with Crippen LogP contribution >= 0.6 is 0 Å². The van der Waals surface area contributed by atoms with Gasteiger partial charge in [0.2, 0.25) is 0 Å². The van der Waals surface area contributed by atoms with Crippen molar-refractivity contribution in [1.82, 2.24) is 14.0 Å². The highest BCUT2D eigenvalue weighted by molar-refractivity contribution is 5.87. The van der Waals surface area contributed by atoms with Crippen LogP contribution in [0.2, 0.25) is 0 Å². The molecule has 33 heavy (non-hydrogen) atoms. The van der Waals surface area contributed by atoms with Crippen LogP contribution in [0.1, 0.15) is 30.7 Å². The minimum Gasteiger partial charge on any atom is -0.489 e. The molecule has 5 nitrogen and oxygen atoms in total. The van der Waals surface area contributed by atoms with E-state index in [9.17, 15) is 4.79 Å². The summed E-state index contributed by atoms with van der Waals surface area (Å²) in [4.78, 5) is 15.2. The van der Waals surface area contributed by atoms with Crippen LogP contribution < -0.4 is 10.3 Å². The van der Waals surface area contributed by atoms with Crippen LogP contribution in [0.25, 0.3) is 16.6 Å². The van der Waals surface area contributed by atoms with Crippen molar-refractivity contribution in [3.63, 3.8) is 0 Å². The van der Waals surface area contributed by atoms with Crippen molar-refractivity contribution in [2.75, 3.05) is 20.1 Å². The lowest BCUT2D eigenvalue weighted by atomic mass is 10.1. The van der Waals surface area contributed by atoms with Gasteiger partial charge in [-0.05, 0) is 42.8 Å². The molecular weight excluding hydrogens is 410 g/mol. The van der Waals surface area contributed by atoms with E-state index in [1.165, 1.54) is 22.2 Å². The highest BCUT2D eigenvalue weighted by atomic mass is 16.5. The lowest BCUT2D eigenvalue weighted by Gasteiger charge is -2.13. The molecule has 1 aliphatic rings. The monoisotopic (exact) mass is 443 g/mol. The topological polar surface area (TPSA) is 39.4 Å². The van der Waals surface area contributed by atoms with E-state index in [2.05, 4.69) is 35.7 Å². The Bertz CT molecular complexity index is 1290. The van der Waals surface area contributed by atoms with Crippen molar-refractivity contribution in [3.05, 3.63) is 94.0 Å². The van der Waals surface area contributed by atoms with Crippen molar-refractivity contribution in [2.45, 2.75) is 33.3 Å². The SMILES string of the molecule is CC.CN1CCc2c(n(C)c3cc(-n4ccc(OCc5ccccc5)cc4=O)ccc23)CC1.